The highest BCUT2D eigenvalue weighted by molar-refractivity contribution is 5.87. The number of rotatable bonds is 8. The molecule has 0 aliphatic carbocycles. The molecule has 1 atom stereocenters. The lowest BCUT2D eigenvalue weighted by atomic mass is 9.92. The standard InChI is InChI=1S/C17H29N3O3/c1-16(2,12-18)9-11-23-17(3,4)8-7-14(21)20-10-5-6-13(20)15(19)22/h13H,5-11H2,1-4H3,(H2,19,22). The van der Waals surface area contributed by atoms with Gasteiger partial charge in [-0.25, -0.2) is 0 Å². The molecule has 0 aromatic heterocycles. The first-order valence-corrected chi connectivity index (χ1v) is 8.22. The Balaban J connectivity index is 2.42. The van der Waals surface area contributed by atoms with Gasteiger partial charge >= 0.3 is 0 Å². The Morgan fingerprint density at radius 2 is 1.96 bits per heavy atom. The van der Waals surface area contributed by atoms with Gasteiger partial charge in [0.15, 0.2) is 0 Å². The number of likely N-dealkylation sites (tertiary alicyclic amines) is 1. The molecule has 2 N–H and O–H groups in total. The summed E-state index contributed by atoms with van der Waals surface area (Å²) in [5, 5.41) is 9.00. The van der Waals surface area contributed by atoms with Crippen LogP contribution in [0.4, 0.5) is 0 Å². The maximum atomic E-state index is 12.3. The van der Waals surface area contributed by atoms with Crippen LogP contribution in [0.15, 0.2) is 0 Å². The fourth-order valence-corrected chi connectivity index (χ4v) is 2.62. The number of amides is 2. The second kappa shape index (κ2) is 7.78. The third kappa shape index (κ3) is 6.19. The molecule has 0 saturated carbocycles. The predicted molar refractivity (Wildman–Crippen MR) is 87.2 cm³/mol. The van der Waals surface area contributed by atoms with Gasteiger partial charge in [-0.1, -0.05) is 0 Å². The van der Waals surface area contributed by atoms with E-state index in [9.17, 15) is 9.59 Å². The van der Waals surface area contributed by atoms with Crippen LogP contribution in [0.25, 0.3) is 0 Å². The smallest absolute Gasteiger partial charge is 0.240 e. The van der Waals surface area contributed by atoms with E-state index >= 15 is 0 Å². The molecule has 1 saturated heterocycles. The molecule has 0 aromatic rings. The van der Waals surface area contributed by atoms with Crippen molar-refractivity contribution in [2.75, 3.05) is 13.2 Å². The van der Waals surface area contributed by atoms with Gasteiger partial charge in [0.25, 0.3) is 0 Å². The highest BCUT2D eigenvalue weighted by Crippen LogP contribution is 2.24. The number of hydrogen-bond donors (Lipinski definition) is 1. The van der Waals surface area contributed by atoms with Crippen LogP contribution in [0, 0.1) is 16.7 Å². The fourth-order valence-electron chi connectivity index (χ4n) is 2.62. The average Bonchev–Trinajstić information content (AvgIpc) is 2.94. The lowest BCUT2D eigenvalue weighted by Gasteiger charge is -2.28. The number of nitriles is 1. The number of ether oxygens (including phenoxy) is 1. The first kappa shape index (κ1) is 19.4. The second-order valence-corrected chi connectivity index (χ2v) is 7.50. The molecule has 1 heterocycles. The van der Waals surface area contributed by atoms with Gasteiger partial charge in [0.1, 0.15) is 6.04 Å². The molecule has 2 amide bonds. The van der Waals surface area contributed by atoms with E-state index in [1.54, 1.807) is 4.90 Å². The molecular weight excluding hydrogens is 294 g/mol. The van der Waals surface area contributed by atoms with Gasteiger partial charge in [-0.3, -0.25) is 9.59 Å². The average molecular weight is 323 g/mol. The summed E-state index contributed by atoms with van der Waals surface area (Å²) in [6.45, 7) is 8.72. The SMILES string of the molecule is CC(C)(C#N)CCOC(C)(C)CCC(=O)N1CCCC1C(N)=O. The molecule has 0 spiro atoms. The Hall–Kier alpha value is -1.61. The van der Waals surface area contributed by atoms with Crippen LogP contribution in [-0.4, -0.2) is 41.5 Å². The summed E-state index contributed by atoms with van der Waals surface area (Å²) in [6.07, 6.45) is 3.03. The summed E-state index contributed by atoms with van der Waals surface area (Å²) >= 11 is 0. The lowest BCUT2D eigenvalue weighted by molar-refractivity contribution is -0.138. The summed E-state index contributed by atoms with van der Waals surface area (Å²) < 4.78 is 5.84. The Morgan fingerprint density at radius 3 is 2.52 bits per heavy atom. The molecule has 6 nitrogen and oxygen atoms in total. The number of carbonyl (C=O) groups excluding carboxylic acids is 2. The molecule has 1 aliphatic heterocycles. The molecule has 6 heteroatoms. The van der Waals surface area contributed by atoms with E-state index in [1.165, 1.54) is 0 Å². The van der Waals surface area contributed by atoms with Crippen molar-refractivity contribution in [3.63, 3.8) is 0 Å². The highest BCUT2D eigenvalue weighted by atomic mass is 16.5. The molecule has 1 aliphatic rings. The third-order valence-electron chi connectivity index (χ3n) is 4.37. The highest BCUT2D eigenvalue weighted by Gasteiger charge is 2.33. The predicted octanol–water partition coefficient (Wildman–Crippen LogP) is 1.98. The first-order valence-electron chi connectivity index (χ1n) is 8.22. The first-order chi connectivity index (χ1) is 10.6. The van der Waals surface area contributed by atoms with Gasteiger partial charge < -0.3 is 15.4 Å². The second-order valence-electron chi connectivity index (χ2n) is 7.50. The number of carbonyl (C=O) groups is 2. The summed E-state index contributed by atoms with van der Waals surface area (Å²) in [5.41, 5.74) is 4.50. The quantitative estimate of drug-likeness (QED) is 0.738. The molecule has 0 aromatic carbocycles. The molecule has 130 valence electrons. The van der Waals surface area contributed by atoms with Crippen LogP contribution in [-0.2, 0) is 14.3 Å². The van der Waals surface area contributed by atoms with Crippen LogP contribution < -0.4 is 5.73 Å². The number of primary amides is 1. The van der Waals surface area contributed by atoms with Gasteiger partial charge in [-0.15, -0.1) is 0 Å². The van der Waals surface area contributed by atoms with E-state index in [0.29, 0.717) is 38.8 Å². The largest absolute Gasteiger partial charge is 0.376 e. The molecule has 1 fully saturated rings. The van der Waals surface area contributed by atoms with Gasteiger partial charge in [-0.05, 0) is 53.4 Å². The Morgan fingerprint density at radius 1 is 1.30 bits per heavy atom. The zero-order valence-corrected chi connectivity index (χ0v) is 14.7. The Labute approximate surface area is 139 Å². The van der Waals surface area contributed by atoms with E-state index in [-0.39, 0.29) is 5.91 Å². The van der Waals surface area contributed by atoms with Gasteiger partial charge in [-0.2, -0.15) is 5.26 Å². The number of hydrogen-bond acceptors (Lipinski definition) is 4. The van der Waals surface area contributed by atoms with Gasteiger partial charge in [0, 0.05) is 19.6 Å². The van der Waals surface area contributed by atoms with Crippen molar-refractivity contribution in [1.82, 2.24) is 4.90 Å². The minimum atomic E-state index is -0.456. The third-order valence-corrected chi connectivity index (χ3v) is 4.37. The zero-order chi connectivity index (χ0) is 17.7. The summed E-state index contributed by atoms with van der Waals surface area (Å²) in [4.78, 5) is 25.3. The van der Waals surface area contributed by atoms with Gasteiger partial charge in [0.05, 0.1) is 17.1 Å². The van der Waals surface area contributed by atoms with Crippen molar-refractivity contribution in [2.24, 2.45) is 11.1 Å². The van der Waals surface area contributed by atoms with Gasteiger partial charge in [0.2, 0.25) is 11.8 Å². The van der Waals surface area contributed by atoms with E-state index < -0.39 is 23.0 Å². The molecule has 1 unspecified atom stereocenters. The molecule has 1 rings (SSSR count). The zero-order valence-electron chi connectivity index (χ0n) is 14.7. The maximum absolute atomic E-state index is 12.3. The maximum Gasteiger partial charge on any atom is 0.240 e. The Bertz CT molecular complexity index is 480. The molecular formula is C17H29N3O3. The lowest BCUT2D eigenvalue weighted by Crippen LogP contribution is -2.44. The monoisotopic (exact) mass is 323 g/mol. The van der Waals surface area contributed by atoms with Crippen LogP contribution in [0.1, 0.15) is 59.8 Å². The van der Waals surface area contributed by atoms with Crippen LogP contribution >= 0.6 is 0 Å². The molecule has 0 bridgehead atoms. The van der Waals surface area contributed by atoms with Crippen LogP contribution in [0.5, 0.6) is 0 Å². The number of nitrogens with zero attached hydrogens (tertiary/aromatic N) is 2. The number of nitrogens with two attached hydrogens (primary N) is 1. The minimum absolute atomic E-state index is 0.0414. The summed E-state index contributed by atoms with van der Waals surface area (Å²) in [5.74, 6) is -0.467. The van der Waals surface area contributed by atoms with E-state index in [0.717, 1.165) is 6.42 Å². The van der Waals surface area contributed by atoms with E-state index in [2.05, 4.69) is 6.07 Å². The van der Waals surface area contributed by atoms with Crippen molar-refractivity contribution >= 4 is 11.8 Å². The van der Waals surface area contributed by atoms with Crippen molar-refractivity contribution in [3.05, 3.63) is 0 Å². The normalized spacial score (nSPS) is 18.7. The molecule has 0 radical (unpaired) electrons. The minimum Gasteiger partial charge on any atom is -0.376 e. The topological polar surface area (TPSA) is 96.4 Å². The van der Waals surface area contributed by atoms with Crippen molar-refractivity contribution in [3.8, 4) is 6.07 Å². The Kier molecular flexibility index (Phi) is 6.57. The molecule has 23 heavy (non-hydrogen) atoms. The fraction of sp³-hybridized carbons (Fsp3) is 0.824. The summed E-state index contributed by atoms with van der Waals surface area (Å²) in [6, 6.07) is 1.79. The van der Waals surface area contributed by atoms with Crippen molar-refractivity contribution in [2.45, 2.75) is 71.4 Å². The van der Waals surface area contributed by atoms with E-state index in [4.69, 9.17) is 15.7 Å². The summed E-state index contributed by atoms with van der Waals surface area (Å²) in [7, 11) is 0. The van der Waals surface area contributed by atoms with Crippen molar-refractivity contribution in [1.29, 1.82) is 5.26 Å². The van der Waals surface area contributed by atoms with Crippen LogP contribution in [0.2, 0.25) is 0 Å². The van der Waals surface area contributed by atoms with E-state index in [1.807, 2.05) is 27.7 Å². The van der Waals surface area contributed by atoms with Crippen LogP contribution in [0.3, 0.4) is 0 Å². The van der Waals surface area contributed by atoms with Crippen molar-refractivity contribution < 1.29 is 14.3 Å².